The first-order chi connectivity index (χ1) is 13.0. The zero-order valence-corrected chi connectivity index (χ0v) is 15.4. The Balaban J connectivity index is 1.64. The van der Waals surface area contributed by atoms with E-state index in [1.165, 1.54) is 11.8 Å². The largest absolute Gasteiger partial charge is 0.480 e. The highest BCUT2D eigenvalue weighted by atomic mass is 16.4. The van der Waals surface area contributed by atoms with Crippen molar-refractivity contribution in [1.29, 1.82) is 0 Å². The van der Waals surface area contributed by atoms with E-state index in [-0.39, 0.29) is 24.4 Å². The van der Waals surface area contributed by atoms with Gasteiger partial charge in [-0.05, 0) is 37.0 Å². The number of amides is 2. The Labute approximate surface area is 157 Å². The summed E-state index contributed by atoms with van der Waals surface area (Å²) in [6, 6.07) is 3.64. The van der Waals surface area contributed by atoms with Crippen molar-refractivity contribution in [2.45, 2.75) is 38.6 Å². The molecule has 0 saturated carbocycles. The van der Waals surface area contributed by atoms with E-state index in [4.69, 9.17) is 5.11 Å². The molecule has 2 N–H and O–H groups in total. The number of carboxylic acid groups (broad SMARTS) is 1. The molecule has 8 nitrogen and oxygen atoms in total. The highest BCUT2D eigenvalue weighted by molar-refractivity contribution is 5.87. The van der Waals surface area contributed by atoms with Crippen molar-refractivity contribution in [3.05, 3.63) is 30.1 Å². The molecule has 1 fully saturated rings. The number of carboxylic acids is 1. The predicted molar refractivity (Wildman–Crippen MR) is 99.0 cm³/mol. The van der Waals surface area contributed by atoms with Crippen molar-refractivity contribution in [2.75, 3.05) is 19.6 Å². The van der Waals surface area contributed by atoms with Crippen LogP contribution < -0.4 is 0 Å². The average Bonchev–Trinajstić information content (AvgIpc) is 2.87. The molecule has 3 rings (SSSR count). The average molecular weight is 372 g/mol. The summed E-state index contributed by atoms with van der Waals surface area (Å²) < 4.78 is 0. The Hall–Kier alpha value is -2.90. The van der Waals surface area contributed by atoms with E-state index in [0.717, 1.165) is 23.0 Å². The lowest BCUT2D eigenvalue weighted by Gasteiger charge is -2.28. The number of hydrogen-bond donors (Lipinski definition) is 2. The first-order valence-electron chi connectivity index (χ1n) is 9.13. The molecule has 0 spiro atoms. The van der Waals surface area contributed by atoms with Gasteiger partial charge in [-0.25, -0.2) is 4.98 Å². The molecule has 1 saturated heterocycles. The fraction of sp³-hybridized carbons (Fsp3) is 0.474. The SMILES string of the molecule is CC(=O)N(CC(=O)O)C1CCCN(C(=O)Cc2c[nH]c3ncccc23)CC1. The Bertz CT molecular complexity index is 847. The predicted octanol–water partition coefficient (Wildman–Crippen LogP) is 1.42. The van der Waals surface area contributed by atoms with Gasteiger partial charge in [0.2, 0.25) is 11.8 Å². The summed E-state index contributed by atoms with van der Waals surface area (Å²) in [6.07, 6.45) is 5.86. The molecule has 0 radical (unpaired) electrons. The number of carbonyl (C=O) groups excluding carboxylic acids is 2. The van der Waals surface area contributed by atoms with Crippen LogP contribution in [-0.4, -0.2) is 68.3 Å². The molecule has 8 heteroatoms. The van der Waals surface area contributed by atoms with Crippen molar-refractivity contribution in [3.8, 4) is 0 Å². The monoisotopic (exact) mass is 372 g/mol. The molecule has 144 valence electrons. The van der Waals surface area contributed by atoms with Crippen LogP contribution in [0, 0.1) is 0 Å². The Morgan fingerprint density at radius 2 is 2.15 bits per heavy atom. The van der Waals surface area contributed by atoms with Gasteiger partial charge in [-0.2, -0.15) is 0 Å². The van der Waals surface area contributed by atoms with Crippen LogP contribution in [0.25, 0.3) is 11.0 Å². The van der Waals surface area contributed by atoms with E-state index >= 15 is 0 Å². The first-order valence-corrected chi connectivity index (χ1v) is 9.13. The number of aromatic nitrogens is 2. The van der Waals surface area contributed by atoms with Crippen molar-refractivity contribution in [1.82, 2.24) is 19.8 Å². The quantitative estimate of drug-likeness (QED) is 0.825. The fourth-order valence-electron chi connectivity index (χ4n) is 3.72. The van der Waals surface area contributed by atoms with E-state index < -0.39 is 5.97 Å². The van der Waals surface area contributed by atoms with Crippen molar-refractivity contribution in [3.63, 3.8) is 0 Å². The lowest BCUT2D eigenvalue weighted by Crippen LogP contribution is -2.43. The number of hydrogen-bond acceptors (Lipinski definition) is 4. The van der Waals surface area contributed by atoms with Crippen LogP contribution in [0.3, 0.4) is 0 Å². The molecule has 0 bridgehead atoms. The normalized spacial score (nSPS) is 17.5. The van der Waals surface area contributed by atoms with Crippen molar-refractivity contribution in [2.24, 2.45) is 0 Å². The second kappa shape index (κ2) is 8.20. The Morgan fingerprint density at radius 1 is 1.33 bits per heavy atom. The van der Waals surface area contributed by atoms with Gasteiger partial charge < -0.3 is 19.9 Å². The van der Waals surface area contributed by atoms with E-state index in [1.807, 2.05) is 23.2 Å². The molecule has 1 aliphatic rings. The molecule has 3 heterocycles. The number of aromatic amines is 1. The first kappa shape index (κ1) is 18.9. The summed E-state index contributed by atoms with van der Waals surface area (Å²) in [5.74, 6) is -1.23. The van der Waals surface area contributed by atoms with Gasteiger partial charge in [-0.1, -0.05) is 0 Å². The second-order valence-electron chi connectivity index (χ2n) is 6.90. The summed E-state index contributed by atoms with van der Waals surface area (Å²) in [5, 5.41) is 9.98. The van der Waals surface area contributed by atoms with Gasteiger partial charge in [0.05, 0.1) is 6.42 Å². The van der Waals surface area contributed by atoms with Gasteiger partial charge >= 0.3 is 5.97 Å². The van der Waals surface area contributed by atoms with Gasteiger partial charge in [-0.15, -0.1) is 0 Å². The summed E-state index contributed by atoms with van der Waals surface area (Å²) >= 11 is 0. The van der Waals surface area contributed by atoms with Crippen molar-refractivity contribution < 1.29 is 19.5 Å². The van der Waals surface area contributed by atoms with Crippen LogP contribution >= 0.6 is 0 Å². The number of likely N-dealkylation sites (tertiary alicyclic amines) is 1. The number of pyridine rings is 1. The van der Waals surface area contributed by atoms with Crippen LogP contribution in [0.5, 0.6) is 0 Å². The van der Waals surface area contributed by atoms with E-state index in [2.05, 4.69) is 9.97 Å². The van der Waals surface area contributed by atoms with Gasteiger partial charge in [0, 0.05) is 43.8 Å². The smallest absolute Gasteiger partial charge is 0.323 e. The zero-order valence-electron chi connectivity index (χ0n) is 15.4. The molecular weight excluding hydrogens is 348 g/mol. The number of nitrogens with zero attached hydrogens (tertiary/aromatic N) is 3. The second-order valence-corrected chi connectivity index (χ2v) is 6.90. The summed E-state index contributed by atoms with van der Waals surface area (Å²) in [7, 11) is 0. The molecule has 0 aliphatic carbocycles. The molecule has 27 heavy (non-hydrogen) atoms. The standard InChI is InChI=1S/C19H24N4O4/c1-13(24)23(12-18(26)27)15-4-3-8-22(9-6-15)17(25)10-14-11-21-19-16(14)5-2-7-20-19/h2,5,7,11,15H,3-4,6,8-10,12H2,1H3,(H,20,21)(H,26,27). The number of aliphatic carboxylic acids is 1. The number of carbonyl (C=O) groups is 3. The topological polar surface area (TPSA) is 107 Å². The zero-order chi connectivity index (χ0) is 19.4. The van der Waals surface area contributed by atoms with Crippen LogP contribution in [0.4, 0.5) is 0 Å². The Morgan fingerprint density at radius 3 is 2.89 bits per heavy atom. The Kier molecular flexibility index (Phi) is 5.73. The van der Waals surface area contributed by atoms with E-state index in [1.54, 1.807) is 6.20 Å². The molecule has 2 aromatic rings. The molecular formula is C19H24N4O4. The number of rotatable bonds is 5. The van der Waals surface area contributed by atoms with Crippen LogP contribution in [-0.2, 0) is 20.8 Å². The maximum atomic E-state index is 12.8. The summed E-state index contributed by atoms with van der Waals surface area (Å²) in [6.45, 7) is 2.24. The highest BCUT2D eigenvalue weighted by Crippen LogP contribution is 2.20. The van der Waals surface area contributed by atoms with Crippen LogP contribution in [0.15, 0.2) is 24.5 Å². The molecule has 1 unspecified atom stereocenters. The summed E-state index contributed by atoms with van der Waals surface area (Å²) in [5.41, 5.74) is 1.68. The maximum absolute atomic E-state index is 12.8. The van der Waals surface area contributed by atoms with Crippen LogP contribution in [0.2, 0.25) is 0 Å². The lowest BCUT2D eigenvalue weighted by atomic mass is 10.1. The van der Waals surface area contributed by atoms with Gasteiger partial charge in [0.1, 0.15) is 12.2 Å². The molecule has 2 aromatic heterocycles. The molecule has 1 atom stereocenters. The lowest BCUT2D eigenvalue weighted by molar-refractivity contribution is -0.145. The number of fused-ring (bicyclic) bond motifs is 1. The van der Waals surface area contributed by atoms with Crippen molar-refractivity contribution >= 4 is 28.8 Å². The molecule has 0 aromatic carbocycles. The van der Waals surface area contributed by atoms with Crippen LogP contribution in [0.1, 0.15) is 31.7 Å². The maximum Gasteiger partial charge on any atom is 0.323 e. The number of nitrogens with one attached hydrogen (secondary N) is 1. The third-order valence-electron chi connectivity index (χ3n) is 5.08. The van der Waals surface area contributed by atoms with Gasteiger partial charge in [0.15, 0.2) is 0 Å². The van der Waals surface area contributed by atoms with Gasteiger partial charge in [-0.3, -0.25) is 14.4 Å². The van der Waals surface area contributed by atoms with E-state index in [0.29, 0.717) is 32.4 Å². The molecule has 1 aliphatic heterocycles. The minimum Gasteiger partial charge on any atom is -0.480 e. The van der Waals surface area contributed by atoms with Gasteiger partial charge in [0.25, 0.3) is 0 Å². The van der Waals surface area contributed by atoms with E-state index in [9.17, 15) is 14.4 Å². The molecule has 2 amide bonds. The summed E-state index contributed by atoms with van der Waals surface area (Å²) in [4.78, 5) is 46.2. The number of H-pyrrole nitrogens is 1. The minimum atomic E-state index is -1.02. The highest BCUT2D eigenvalue weighted by Gasteiger charge is 2.27. The fourth-order valence-corrected chi connectivity index (χ4v) is 3.72. The third-order valence-corrected chi connectivity index (χ3v) is 5.08. The minimum absolute atomic E-state index is 0.0352. The third kappa shape index (κ3) is 4.45.